The molecule has 3 rings (SSSR count). The summed E-state index contributed by atoms with van der Waals surface area (Å²) >= 11 is 6.17. The molecule has 0 unspecified atom stereocenters. The molecule has 0 aliphatic rings. The van der Waals surface area contributed by atoms with Crippen LogP contribution in [0.15, 0.2) is 24.7 Å². The monoisotopic (exact) mass is 258 g/mol. The van der Waals surface area contributed by atoms with Crippen LogP contribution in [0.1, 0.15) is 5.69 Å². The first kappa shape index (κ1) is 10.7. The third-order valence-corrected chi connectivity index (χ3v) is 2.90. The number of aryl methyl sites for hydroxylation is 1. The van der Waals surface area contributed by atoms with Crippen LogP contribution >= 0.6 is 11.6 Å². The van der Waals surface area contributed by atoms with Gasteiger partial charge in [0.05, 0.1) is 11.2 Å². The zero-order chi connectivity index (χ0) is 12.7. The Morgan fingerprint density at radius 1 is 1.33 bits per heavy atom. The highest BCUT2D eigenvalue weighted by Crippen LogP contribution is 2.26. The van der Waals surface area contributed by atoms with Crippen molar-refractivity contribution in [2.45, 2.75) is 0 Å². The van der Waals surface area contributed by atoms with Gasteiger partial charge in [0.1, 0.15) is 11.6 Å². The van der Waals surface area contributed by atoms with Crippen LogP contribution in [0, 0.1) is 11.3 Å². The maximum Gasteiger partial charge on any atom is 0.192 e. The summed E-state index contributed by atoms with van der Waals surface area (Å²) < 4.78 is 3.21. The Morgan fingerprint density at radius 3 is 2.83 bits per heavy atom. The van der Waals surface area contributed by atoms with Crippen LogP contribution in [-0.2, 0) is 7.05 Å². The Bertz CT molecular complexity index is 779. The number of hydrogen-bond donors (Lipinski definition) is 0. The molecule has 7 heteroatoms. The van der Waals surface area contributed by atoms with Gasteiger partial charge in [0, 0.05) is 30.6 Å². The van der Waals surface area contributed by atoms with Crippen molar-refractivity contribution in [2.75, 3.05) is 0 Å². The number of halogens is 1. The van der Waals surface area contributed by atoms with E-state index in [0.717, 1.165) is 11.1 Å². The summed E-state index contributed by atoms with van der Waals surface area (Å²) in [6.45, 7) is 0. The summed E-state index contributed by atoms with van der Waals surface area (Å²) in [5, 5.41) is 21.1. The number of rotatable bonds is 1. The van der Waals surface area contributed by atoms with Crippen LogP contribution in [0.3, 0.4) is 0 Å². The summed E-state index contributed by atoms with van der Waals surface area (Å²) in [7, 11) is 1.84. The Balaban J connectivity index is 2.26. The fraction of sp³-hybridized carbons (Fsp3) is 0.0909. The van der Waals surface area contributed by atoms with E-state index < -0.39 is 0 Å². The van der Waals surface area contributed by atoms with Crippen molar-refractivity contribution < 1.29 is 0 Å². The van der Waals surface area contributed by atoms with Crippen LogP contribution in [0.5, 0.6) is 0 Å². The van der Waals surface area contributed by atoms with Crippen LogP contribution in [-0.4, -0.2) is 24.6 Å². The van der Waals surface area contributed by atoms with Crippen molar-refractivity contribution in [1.82, 2.24) is 24.6 Å². The predicted octanol–water partition coefficient (Wildman–Crippen LogP) is 1.65. The number of hydrogen-bond acceptors (Lipinski definition) is 4. The lowest BCUT2D eigenvalue weighted by Crippen LogP contribution is -1.90. The summed E-state index contributed by atoms with van der Waals surface area (Å²) in [5.74, 6) is 0. The number of pyridine rings is 1. The fourth-order valence-corrected chi connectivity index (χ4v) is 2.08. The average Bonchev–Trinajstić information content (AvgIpc) is 2.95. The van der Waals surface area contributed by atoms with Crippen molar-refractivity contribution in [3.8, 4) is 17.2 Å². The summed E-state index contributed by atoms with van der Waals surface area (Å²) in [6, 6.07) is 3.73. The molecule has 0 radical (unpaired) electrons. The van der Waals surface area contributed by atoms with Gasteiger partial charge in [-0.25, -0.2) is 4.52 Å². The van der Waals surface area contributed by atoms with Gasteiger partial charge in [-0.1, -0.05) is 16.8 Å². The number of nitrogens with zero attached hydrogens (tertiary/aromatic N) is 6. The minimum Gasteiger partial charge on any atom is -0.275 e. The highest BCUT2D eigenvalue weighted by molar-refractivity contribution is 6.34. The molecule has 6 nitrogen and oxygen atoms in total. The first-order chi connectivity index (χ1) is 8.69. The highest BCUT2D eigenvalue weighted by Gasteiger charge is 2.12. The molecule has 0 saturated heterocycles. The van der Waals surface area contributed by atoms with E-state index in [2.05, 4.69) is 15.4 Å². The van der Waals surface area contributed by atoms with E-state index in [0.29, 0.717) is 10.5 Å². The second-order valence-corrected chi connectivity index (χ2v) is 4.23. The molecule has 88 valence electrons. The van der Waals surface area contributed by atoms with E-state index in [1.165, 1.54) is 4.52 Å². The maximum atomic E-state index is 8.90. The molecule has 0 atom stereocenters. The van der Waals surface area contributed by atoms with Crippen molar-refractivity contribution in [2.24, 2.45) is 7.05 Å². The molecule has 0 N–H and O–H groups in total. The van der Waals surface area contributed by atoms with Crippen LogP contribution < -0.4 is 0 Å². The summed E-state index contributed by atoms with van der Waals surface area (Å²) in [5.41, 5.74) is 2.54. The van der Waals surface area contributed by atoms with Gasteiger partial charge < -0.3 is 0 Å². The predicted molar refractivity (Wildman–Crippen MR) is 64.9 cm³/mol. The molecular formula is C11H7ClN6. The largest absolute Gasteiger partial charge is 0.275 e. The summed E-state index contributed by atoms with van der Waals surface area (Å²) in [4.78, 5) is 0. The van der Waals surface area contributed by atoms with E-state index in [4.69, 9.17) is 16.9 Å². The topological polar surface area (TPSA) is 71.8 Å². The van der Waals surface area contributed by atoms with E-state index in [9.17, 15) is 0 Å². The van der Waals surface area contributed by atoms with Gasteiger partial charge >= 0.3 is 0 Å². The number of nitriles is 1. The Kier molecular flexibility index (Phi) is 2.28. The van der Waals surface area contributed by atoms with Gasteiger partial charge in [-0.3, -0.25) is 4.68 Å². The Morgan fingerprint density at radius 2 is 2.17 bits per heavy atom. The summed E-state index contributed by atoms with van der Waals surface area (Å²) in [6.07, 6.45) is 5.38. The molecule has 0 aromatic carbocycles. The Labute approximate surface area is 107 Å². The van der Waals surface area contributed by atoms with Gasteiger partial charge in [-0.05, 0) is 6.07 Å². The standard InChI is InChI=1S/C11H7ClN6/c1-17-5-8(4-14-17)7-2-9(12)11-10(3-13)15-16-18(11)6-7/h2,4-6H,1H3. The van der Waals surface area contributed by atoms with Gasteiger partial charge in [-0.2, -0.15) is 10.4 Å². The minimum absolute atomic E-state index is 0.220. The second-order valence-electron chi connectivity index (χ2n) is 3.82. The molecule has 3 aromatic rings. The van der Waals surface area contributed by atoms with E-state index in [1.54, 1.807) is 23.1 Å². The molecular weight excluding hydrogens is 252 g/mol. The van der Waals surface area contributed by atoms with Gasteiger partial charge in [0.15, 0.2) is 5.69 Å². The molecule has 3 aromatic heterocycles. The fourth-order valence-electron chi connectivity index (χ4n) is 1.78. The molecule has 0 amide bonds. The average molecular weight is 259 g/mol. The Hall–Kier alpha value is -2.39. The van der Waals surface area contributed by atoms with Crippen LogP contribution in [0.25, 0.3) is 16.6 Å². The molecule has 0 saturated carbocycles. The SMILES string of the molecule is Cn1cc(-c2cc(Cl)c3c(C#N)nnn3c2)cn1. The molecule has 0 bridgehead atoms. The van der Waals surface area contributed by atoms with Gasteiger partial charge in [-0.15, -0.1) is 5.10 Å². The van der Waals surface area contributed by atoms with Crippen LogP contribution in [0.4, 0.5) is 0 Å². The quantitative estimate of drug-likeness (QED) is 0.665. The van der Waals surface area contributed by atoms with E-state index >= 15 is 0 Å². The van der Waals surface area contributed by atoms with Gasteiger partial charge in [0.2, 0.25) is 0 Å². The van der Waals surface area contributed by atoms with Gasteiger partial charge in [0.25, 0.3) is 0 Å². The molecule has 0 spiro atoms. The smallest absolute Gasteiger partial charge is 0.192 e. The zero-order valence-corrected chi connectivity index (χ0v) is 10.1. The molecule has 0 aliphatic heterocycles. The lowest BCUT2D eigenvalue weighted by atomic mass is 10.1. The first-order valence-corrected chi connectivity index (χ1v) is 5.50. The first-order valence-electron chi connectivity index (χ1n) is 5.12. The second kappa shape index (κ2) is 3.82. The molecule has 3 heterocycles. The number of aromatic nitrogens is 5. The zero-order valence-electron chi connectivity index (χ0n) is 9.37. The third-order valence-electron chi connectivity index (χ3n) is 2.61. The van der Waals surface area contributed by atoms with Crippen molar-refractivity contribution in [3.63, 3.8) is 0 Å². The third kappa shape index (κ3) is 1.53. The minimum atomic E-state index is 0.220. The molecule has 18 heavy (non-hydrogen) atoms. The number of fused-ring (bicyclic) bond motifs is 1. The van der Waals surface area contributed by atoms with Crippen molar-refractivity contribution >= 4 is 17.1 Å². The van der Waals surface area contributed by atoms with E-state index in [-0.39, 0.29) is 5.69 Å². The molecule has 0 fully saturated rings. The normalized spacial score (nSPS) is 10.7. The molecule has 0 aliphatic carbocycles. The van der Waals surface area contributed by atoms with E-state index in [1.807, 2.05) is 19.3 Å². The lowest BCUT2D eigenvalue weighted by Gasteiger charge is -2.00. The maximum absolute atomic E-state index is 8.90. The lowest BCUT2D eigenvalue weighted by molar-refractivity contribution is 0.768. The van der Waals surface area contributed by atoms with Crippen LogP contribution in [0.2, 0.25) is 5.02 Å². The highest BCUT2D eigenvalue weighted by atomic mass is 35.5. The van der Waals surface area contributed by atoms with Crippen molar-refractivity contribution in [3.05, 3.63) is 35.4 Å². The van der Waals surface area contributed by atoms with Crippen molar-refractivity contribution in [1.29, 1.82) is 5.26 Å².